The van der Waals surface area contributed by atoms with Gasteiger partial charge in [0.15, 0.2) is 5.75 Å². The number of ether oxygens (including phenoxy) is 3. The van der Waals surface area contributed by atoms with Crippen LogP contribution < -0.4 is 14.8 Å². The Hall–Kier alpha value is -3.72. The van der Waals surface area contributed by atoms with Crippen LogP contribution >= 0.6 is 0 Å². The Labute approximate surface area is 197 Å². The van der Waals surface area contributed by atoms with Crippen molar-refractivity contribution >= 4 is 16.9 Å². The summed E-state index contributed by atoms with van der Waals surface area (Å²) >= 11 is 0. The van der Waals surface area contributed by atoms with Gasteiger partial charge in [-0.2, -0.15) is 0 Å². The molecule has 0 radical (unpaired) electrons. The molecule has 0 aromatic carbocycles. The third kappa shape index (κ3) is 3.92. The van der Waals surface area contributed by atoms with Crippen LogP contribution in [-0.4, -0.2) is 57.5 Å². The minimum atomic E-state index is 0.281. The summed E-state index contributed by atoms with van der Waals surface area (Å²) < 4.78 is 18.9. The van der Waals surface area contributed by atoms with Gasteiger partial charge in [0.05, 0.1) is 24.9 Å². The third-order valence-corrected chi connectivity index (χ3v) is 6.42. The zero-order valence-corrected chi connectivity index (χ0v) is 19.0. The lowest BCUT2D eigenvalue weighted by atomic mass is 9.97. The topological polar surface area (TPSA) is 96.2 Å². The van der Waals surface area contributed by atoms with Gasteiger partial charge in [0, 0.05) is 47.7 Å². The number of aromatic nitrogens is 5. The maximum Gasteiger partial charge on any atom is 0.257 e. The van der Waals surface area contributed by atoms with Crippen molar-refractivity contribution in [1.29, 1.82) is 0 Å². The fourth-order valence-corrected chi connectivity index (χ4v) is 4.41. The van der Waals surface area contributed by atoms with Gasteiger partial charge in [-0.3, -0.25) is 0 Å². The number of rotatable bonds is 7. The summed E-state index contributed by atoms with van der Waals surface area (Å²) in [6.07, 6.45) is 8.24. The summed E-state index contributed by atoms with van der Waals surface area (Å²) in [5.41, 5.74) is 3.91. The molecule has 34 heavy (non-hydrogen) atoms. The largest absolute Gasteiger partial charge is 0.484 e. The van der Waals surface area contributed by atoms with E-state index < -0.39 is 0 Å². The van der Waals surface area contributed by atoms with Gasteiger partial charge in [-0.1, -0.05) is 6.92 Å². The number of nitrogens with one attached hydrogen (secondary N) is 1. The molecular weight excluding hydrogens is 432 g/mol. The van der Waals surface area contributed by atoms with Crippen molar-refractivity contribution in [3.05, 3.63) is 54.7 Å². The van der Waals surface area contributed by atoms with Crippen LogP contribution in [0.1, 0.15) is 30.9 Å². The average molecular weight is 459 g/mol. The predicted molar refractivity (Wildman–Crippen MR) is 127 cm³/mol. The summed E-state index contributed by atoms with van der Waals surface area (Å²) in [5, 5.41) is 4.53. The van der Waals surface area contributed by atoms with Gasteiger partial charge in [-0.05, 0) is 30.5 Å². The van der Waals surface area contributed by atoms with Crippen LogP contribution in [0, 0.1) is 0 Å². The molecule has 1 unspecified atom stereocenters. The number of nitrogens with zero attached hydrogens (tertiary/aromatic N) is 5. The summed E-state index contributed by atoms with van der Waals surface area (Å²) in [5.74, 6) is 2.43. The molecule has 0 saturated carbocycles. The molecule has 9 nitrogen and oxygen atoms in total. The van der Waals surface area contributed by atoms with Crippen molar-refractivity contribution in [2.24, 2.45) is 0 Å². The Morgan fingerprint density at radius 3 is 2.88 bits per heavy atom. The second-order valence-corrected chi connectivity index (χ2v) is 8.69. The minimum absolute atomic E-state index is 0.281. The van der Waals surface area contributed by atoms with Crippen molar-refractivity contribution in [1.82, 2.24) is 24.5 Å². The van der Waals surface area contributed by atoms with E-state index in [1.165, 1.54) is 0 Å². The van der Waals surface area contributed by atoms with Crippen molar-refractivity contribution in [3.8, 4) is 22.9 Å². The SMILES string of the molecule is CC(CCNc1cc(-c2cnc3c(ccn3C3COC3)c2)ncn1)c1ccnc2c1OCCO2. The molecule has 0 spiro atoms. The molecule has 2 aliphatic heterocycles. The Bertz CT molecular complexity index is 1320. The van der Waals surface area contributed by atoms with E-state index >= 15 is 0 Å². The van der Waals surface area contributed by atoms with E-state index in [0.717, 1.165) is 65.6 Å². The lowest BCUT2D eigenvalue weighted by Gasteiger charge is -2.27. The van der Waals surface area contributed by atoms with E-state index in [9.17, 15) is 0 Å². The second-order valence-electron chi connectivity index (χ2n) is 8.69. The lowest BCUT2D eigenvalue weighted by molar-refractivity contribution is -0.0216. The zero-order valence-electron chi connectivity index (χ0n) is 19.0. The fourth-order valence-electron chi connectivity index (χ4n) is 4.41. The van der Waals surface area contributed by atoms with Crippen LogP contribution in [0.2, 0.25) is 0 Å². The van der Waals surface area contributed by atoms with Gasteiger partial charge in [-0.25, -0.2) is 19.9 Å². The first-order chi connectivity index (χ1) is 16.8. The van der Waals surface area contributed by atoms with Crippen molar-refractivity contribution in [2.45, 2.75) is 25.3 Å². The van der Waals surface area contributed by atoms with E-state index in [2.05, 4.69) is 50.1 Å². The van der Waals surface area contributed by atoms with E-state index in [1.807, 2.05) is 18.3 Å². The fraction of sp³-hybridized carbons (Fsp3) is 0.360. The quantitative estimate of drug-likeness (QED) is 0.446. The van der Waals surface area contributed by atoms with Crippen LogP contribution in [0.25, 0.3) is 22.3 Å². The van der Waals surface area contributed by atoms with Crippen LogP contribution in [-0.2, 0) is 4.74 Å². The summed E-state index contributed by atoms with van der Waals surface area (Å²) in [7, 11) is 0. The van der Waals surface area contributed by atoms with Crippen LogP contribution in [0.5, 0.6) is 11.6 Å². The van der Waals surface area contributed by atoms with Crippen LogP contribution in [0.3, 0.4) is 0 Å². The molecular formula is C25H26N6O3. The van der Waals surface area contributed by atoms with Crippen molar-refractivity contribution < 1.29 is 14.2 Å². The predicted octanol–water partition coefficient (Wildman–Crippen LogP) is 3.84. The molecule has 1 saturated heterocycles. The van der Waals surface area contributed by atoms with E-state index in [4.69, 9.17) is 19.2 Å². The highest BCUT2D eigenvalue weighted by atomic mass is 16.6. The first-order valence-corrected chi connectivity index (χ1v) is 11.6. The molecule has 1 atom stereocenters. The molecule has 0 aliphatic carbocycles. The van der Waals surface area contributed by atoms with E-state index in [-0.39, 0.29) is 5.92 Å². The van der Waals surface area contributed by atoms with Gasteiger partial charge in [0.1, 0.15) is 31.0 Å². The summed E-state index contributed by atoms with van der Waals surface area (Å²) in [4.78, 5) is 17.8. The molecule has 2 aliphatic rings. The highest BCUT2D eigenvalue weighted by Crippen LogP contribution is 2.37. The van der Waals surface area contributed by atoms with Crippen molar-refractivity contribution in [3.63, 3.8) is 0 Å². The standard InChI is InChI=1S/C25H26N6O3/c1-16(20-3-6-27-25-23(20)33-8-9-34-25)2-5-26-22-11-21(29-15-30-22)18-10-17-4-7-31(19-13-32-14-19)24(17)28-12-18/h3-4,6-7,10-12,15-16,19H,2,5,8-9,13-14H2,1H3,(H,26,29,30). The molecule has 9 heteroatoms. The molecule has 1 N–H and O–H groups in total. The zero-order chi connectivity index (χ0) is 22.9. The highest BCUT2D eigenvalue weighted by molar-refractivity contribution is 5.81. The van der Waals surface area contributed by atoms with Gasteiger partial charge in [0.2, 0.25) is 0 Å². The van der Waals surface area contributed by atoms with Crippen LogP contribution in [0.15, 0.2) is 49.2 Å². The number of anilines is 1. The molecule has 6 heterocycles. The number of hydrogen-bond acceptors (Lipinski definition) is 8. The molecule has 4 aromatic heterocycles. The average Bonchev–Trinajstić information content (AvgIpc) is 3.25. The lowest BCUT2D eigenvalue weighted by Crippen LogP contribution is -2.30. The number of fused-ring (bicyclic) bond motifs is 2. The van der Waals surface area contributed by atoms with E-state index in [0.29, 0.717) is 25.1 Å². The first-order valence-electron chi connectivity index (χ1n) is 11.6. The van der Waals surface area contributed by atoms with Crippen LogP contribution in [0.4, 0.5) is 5.82 Å². The molecule has 6 rings (SSSR count). The Morgan fingerprint density at radius 1 is 1.09 bits per heavy atom. The third-order valence-electron chi connectivity index (χ3n) is 6.42. The smallest absolute Gasteiger partial charge is 0.257 e. The van der Waals surface area contributed by atoms with Gasteiger partial charge in [0.25, 0.3) is 5.88 Å². The van der Waals surface area contributed by atoms with Gasteiger partial charge in [-0.15, -0.1) is 0 Å². The van der Waals surface area contributed by atoms with Gasteiger partial charge >= 0.3 is 0 Å². The Balaban J connectivity index is 1.13. The number of pyridine rings is 2. The van der Waals surface area contributed by atoms with E-state index in [1.54, 1.807) is 12.5 Å². The number of hydrogen-bond donors (Lipinski definition) is 1. The summed E-state index contributed by atoms with van der Waals surface area (Å²) in [6.45, 7) is 5.54. The molecule has 0 bridgehead atoms. The first kappa shape index (κ1) is 20.9. The molecule has 4 aromatic rings. The maximum atomic E-state index is 5.82. The minimum Gasteiger partial charge on any atom is -0.484 e. The molecule has 1 fully saturated rings. The molecule has 0 amide bonds. The summed E-state index contributed by atoms with van der Waals surface area (Å²) in [6, 6.07) is 8.58. The Morgan fingerprint density at radius 2 is 2.00 bits per heavy atom. The van der Waals surface area contributed by atoms with Gasteiger partial charge < -0.3 is 24.1 Å². The second kappa shape index (κ2) is 8.90. The maximum absolute atomic E-state index is 5.82. The Kier molecular flexibility index (Phi) is 5.46. The monoisotopic (exact) mass is 458 g/mol. The highest BCUT2D eigenvalue weighted by Gasteiger charge is 2.22. The van der Waals surface area contributed by atoms with Crippen molar-refractivity contribution in [2.75, 3.05) is 38.3 Å². The molecule has 174 valence electrons. The normalized spacial score (nSPS) is 16.3.